The maximum absolute atomic E-state index is 12.6. The number of benzene rings is 2. The lowest BCUT2D eigenvalue weighted by atomic mass is 9.96. The molecular formula is C21H25N3O2. The van der Waals surface area contributed by atoms with Gasteiger partial charge in [0.2, 0.25) is 11.8 Å². The number of amides is 2. The second kappa shape index (κ2) is 8.63. The number of hydrogen-bond donors (Lipinski definition) is 2. The van der Waals surface area contributed by atoms with Crippen LogP contribution in [0.3, 0.4) is 0 Å². The Labute approximate surface area is 154 Å². The molecule has 3 N–H and O–H groups in total. The van der Waals surface area contributed by atoms with E-state index >= 15 is 0 Å². The first kappa shape index (κ1) is 18.1. The van der Waals surface area contributed by atoms with Gasteiger partial charge in [-0.3, -0.25) is 14.5 Å². The highest BCUT2D eigenvalue weighted by Crippen LogP contribution is 2.21. The third-order valence-corrected chi connectivity index (χ3v) is 4.73. The van der Waals surface area contributed by atoms with Crippen molar-refractivity contribution in [3.8, 4) is 0 Å². The van der Waals surface area contributed by atoms with Crippen molar-refractivity contribution >= 4 is 17.5 Å². The van der Waals surface area contributed by atoms with Gasteiger partial charge >= 0.3 is 0 Å². The van der Waals surface area contributed by atoms with Crippen molar-refractivity contribution in [3.05, 3.63) is 65.7 Å². The number of likely N-dealkylation sites (tertiary alicyclic amines) is 1. The standard InChI is InChI=1S/C21H25N3O2/c22-20(25)13-16-8-10-19(11-9-16)23-21(26)18-7-4-12-24(15-18)14-17-5-2-1-3-6-17/h1-3,5-6,8-11,18H,4,7,12-15H2,(H2,22,25)(H,23,26)/t18-/m0/s1. The molecule has 1 fully saturated rings. The second-order valence-electron chi connectivity index (χ2n) is 6.89. The Balaban J connectivity index is 1.54. The normalized spacial score (nSPS) is 17.6. The van der Waals surface area contributed by atoms with Crippen LogP contribution in [0.1, 0.15) is 24.0 Å². The number of anilines is 1. The van der Waals surface area contributed by atoms with Gasteiger partial charge in [0.05, 0.1) is 12.3 Å². The molecule has 1 atom stereocenters. The van der Waals surface area contributed by atoms with E-state index in [2.05, 4.69) is 22.3 Å². The lowest BCUT2D eigenvalue weighted by Gasteiger charge is -2.32. The third kappa shape index (κ3) is 5.17. The largest absolute Gasteiger partial charge is 0.369 e. The summed E-state index contributed by atoms with van der Waals surface area (Å²) >= 11 is 0. The molecule has 2 aromatic rings. The summed E-state index contributed by atoms with van der Waals surface area (Å²) in [7, 11) is 0. The van der Waals surface area contributed by atoms with Crippen molar-refractivity contribution in [2.45, 2.75) is 25.8 Å². The molecular weight excluding hydrogens is 326 g/mol. The van der Waals surface area contributed by atoms with Crippen molar-refractivity contribution in [1.29, 1.82) is 0 Å². The molecule has 5 nitrogen and oxygen atoms in total. The van der Waals surface area contributed by atoms with Gasteiger partial charge in [0.1, 0.15) is 0 Å². The molecule has 0 spiro atoms. The number of rotatable bonds is 6. The molecule has 0 aliphatic carbocycles. The summed E-state index contributed by atoms with van der Waals surface area (Å²) in [5.74, 6) is -0.300. The van der Waals surface area contributed by atoms with Crippen molar-refractivity contribution in [3.63, 3.8) is 0 Å². The maximum Gasteiger partial charge on any atom is 0.228 e. The predicted octanol–water partition coefficient (Wildman–Crippen LogP) is 2.57. The van der Waals surface area contributed by atoms with Gasteiger partial charge in [-0.1, -0.05) is 42.5 Å². The fourth-order valence-electron chi connectivity index (χ4n) is 3.41. The summed E-state index contributed by atoms with van der Waals surface area (Å²) in [6.45, 7) is 2.69. The number of nitrogens with one attached hydrogen (secondary N) is 1. The lowest BCUT2D eigenvalue weighted by molar-refractivity contribution is -0.121. The zero-order chi connectivity index (χ0) is 18.4. The molecule has 1 aliphatic rings. The zero-order valence-corrected chi connectivity index (χ0v) is 14.9. The second-order valence-corrected chi connectivity index (χ2v) is 6.89. The number of carbonyl (C=O) groups excluding carboxylic acids is 2. The molecule has 3 rings (SSSR count). The van der Waals surface area contributed by atoms with Gasteiger partial charge in [-0.05, 0) is 42.6 Å². The highest BCUT2D eigenvalue weighted by Gasteiger charge is 2.25. The molecule has 1 heterocycles. The van der Waals surface area contributed by atoms with Crippen LogP contribution in [-0.4, -0.2) is 29.8 Å². The van der Waals surface area contributed by atoms with Crippen molar-refractivity contribution < 1.29 is 9.59 Å². The van der Waals surface area contributed by atoms with E-state index in [0.717, 1.165) is 43.7 Å². The van der Waals surface area contributed by atoms with Crippen LogP contribution in [0.5, 0.6) is 0 Å². The summed E-state index contributed by atoms with van der Waals surface area (Å²) in [6, 6.07) is 17.6. The first-order valence-electron chi connectivity index (χ1n) is 9.04. The molecule has 1 saturated heterocycles. The van der Waals surface area contributed by atoms with Crippen LogP contribution in [0.25, 0.3) is 0 Å². The molecule has 0 aromatic heterocycles. The summed E-state index contributed by atoms with van der Waals surface area (Å²) in [6.07, 6.45) is 2.16. The number of primary amides is 1. The van der Waals surface area contributed by atoms with E-state index in [4.69, 9.17) is 5.73 Å². The highest BCUT2D eigenvalue weighted by molar-refractivity contribution is 5.92. The number of carbonyl (C=O) groups is 2. The number of nitrogens with two attached hydrogens (primary N) is 1. The lowest BCUT2D eigenvalue weighted by Crippen LogP contribution is -2.40. The quantitative estimate of drug-likeness (QED) is 0.840. The van der Waals surface area contributed by atoms with E-state index in [-0.39, 0.29) is 24.2 Å². The minimum absolute atomic E-state index is 0.00208. The average molecular weight is 351 g/mol. The van der Waals surface area contributed by atoms with Crippen LogP contribution >= 0.6 is 0 Å². The van der Waals surface area contributed by atoms with Crippen LogP contribution in [-0.2, 0) is 22.6 Å². The molecule has 0 unspecified atom stereocenters. The predicted molar refractivity (Wildman–Crippen MR) is 102 cm³/mol. The zero-order valence-electron chi connectivity index (χ0n) is 14.9. The Morgan fingerprint density at radius 1 is 1.04 bits per heavy atom. The number of nitrogens with zero attached hydrogens (tertiary/aromatic N) is 1. The highest BCUT2D eigenvalue weighted by atomic mass is 16.2. The Kier molecular flexibility index (Phi) is 6.02. The average Bonchev–Trinajstić information content (AvgIpc) is 2.64. The summed E-state index contributed by atoms with van der Waals surface area (Å²) < 4.78 is 0. The van der Waals surface area contributed by atoms with Crippen LogP contribution in [0.15, 0.2) is 54.6 Å². The molecule has 136 valence electrons. The monoisotopic (exact) mass is 351 g/mol. The Hall–Kier alpha value is -2.66. The molecule has 2 aromatic carbocycles. The van der Waals surface area contributed by atoms with Gasteiger partial charge in [0, 0.05) is 18.8 Å². The van der Waals surface area contributed by atoms with Gasteiger partial charge in [0.25, 0.3) is 0 Å². The van der Waals surface area contributed by atoms with Crippen LogP contribution < -0.4 is 11.1 Å². The number of piperidine rings is 1. The molecule has 0 bridgehead atoms. The third-order valence-electron chi connectivity index (χ3n) is 4.73. The molecule has 26 heavy (non-hydrogen) atoms. The van der Waals surface area contributed by atoms with Gasteiger partial charge in [-0.25, -0.2) is 0 Å². The summed E-state index contributed by atoms with van der Waals surface area (Å²) in [4.78, 5) is 25.9. The first-order chi connectivity index (χ1) is 12.6. The summed E-state index contributed by atoms with van der Waals surface area (Å²) in [5.41, 5.74) is 8.07. The van der Waals surface area contributed by atoms with Gasteiger partial charge < -0.3 is 11.1 Å². The minimum atomic E-state index is -0.359. The molecule has 2 amide bonds. The van der Waals surface area contributed by atoms with Gasteiger partial charge in [-0.15, -0.1) is 0 Å². The van der Waals surface area contributed by atoms with E-state index in [0.29, 0.717) is 0 Å². The van der Waals surface area contributed by atoms with Gasteiger partial charge in [0.15, 0.2) is 0 Å². The van der Waals surface area contributed by atoms with Crippen LogP contribution in [0, 0.1) is 5.92 Å². The Bertz CT molecular complexity index is 744. The molecule has 1 aliphatic heterocycles. The van der Waals surface area contributed by atoms with Crippen molar-refractivity contribution in [1.82, 2.24) is 4.90 Å². The first-order valence-corrected chi connectivity index (χ1v) is 9.04. The van der Waals surface area contributed by atoms with E-state index in [1.807, 2.05) is 42.5 Å². The fourth-order valence-corrected chi connectivity index (χ4v) is 3.41. The van der Waals surface area contributed by atoms with Crippen molar-refractivity contribution in [2.75, 3.05) is 18.4 Å². The molecule has 0 radical (unpaired) electrons. The van der Waals surface area contributed by atoms with E-state index in [9.17, 15) is 9.59 Å². The summed E-state index contributed by atoms with van der Waals surface area (Å²) in [5, 5.41) is 2.99. The van der Waals surface area contributed by atoms with E-state index < -0.39 is 0 Å². The molecule has 5 heteroatoms. The smallest absolute Gasteiger partial charge is 0.228 e. The van der Waals surface area contributed by atoms with E-state index in [1.54, 1.807) is 0 Å². The SMILES string of the molecule is NC(=O)Cc1ccc(NC(=O)[C@H]2CCCN(Cc3ccccc3)C2)cc1. The molecule has 0 saturated carbocycles. The Morgan fingerprint density at radius 2 is 1.77 bits per heavy atom. The number of hydrogen-bond acceptors (Lipinski definition) is 3. The maximum atomic E-state index is 12.6. The van der Waals surface area contributed by atoms with E-state index in [1.165, 1.54) is 5.56 Å². The fraction of sp³-hybridized carbons (Fsp3) is 0.333. The van der Waals surface area contributed by atoms with Crippen LogP contribution in [0.2, 0.25) is 0 Å². The Morgan fingerprint density at radius 3 is 2.46 bits per heavy atom. The topological polar surface area (TPSA) is 75.4 Å². The van der Waals surface area contributed by atoms with Crippen LogP contribution in [0.4, 0.5) is 5.69 Å². The van der Waals surface area contributed by atoms with Gasteiger partial charge in [-0.2, -0.15) is 0 Å². The minimum Gasteiger partial charge on any atom is -0.369 e. The van der Waals surface area contributed by atoms with Crippen molar-refractivity contribution in [2.24, 2.45) is 11.7 Å².